The summed E-state index contributed by atoms with van der Waals surface area (Å²) in [6.07, 6.45) is 4.87. The standard InChI is InChI=1S/C17H17N5S/c18-14-3-1-12(2-4-14)17-20-7-13-9-22(6-5-16(13)21-17)10-15-8-19-11-23-15/h1-4,7-8,11H,5-6,9-10,18H2. The summed E-state index contributed by atoms with van der Waals surface area (Å²) in [5, 5.41) is 0. The number of anilines is 1. The van der Waals surface area contributed by atoms with Gasteiger partial charge in [-0.2, -0.15) is 0 Å². The lowest BCUT2D eigenvalue weighted by atomic mass is 10.1. The summed E-state index contributed by atoms with van der Waals surface area (Å²) in [7, 11) is 0. The second kappa shape index (κ2) is 6.06. The smallest absolute Gasteiger partial charge is 0.159 e. The van der Waals surface area contributed by atoms with Crippen molar-refractivity contribution in [3.05, 3.63) is 58.3 Å². The monoisotopic (exact) mass is 323 g/mol. The molecule has 0 aliphatic carbocycles. The fourth-order valence-corrected chi connectivity index (χ4v) is 3.46. The van der Waals surface area contributed by atoms with E-state index in [1.54, 1.807) is 11.3 Å². The Hall–Kier alpha value is -2.31. The topological polar surface area (TPSA) is 67.9 Å². The number of benzene rings is 1. The second-order valence-electron chi connectivity index (χ2n) is 5.72. The first-order valence-electron chi connectivity index (χ1n) is 7.58. The first-order chi connectivity index (χ1) is 11.3. The predicted molar refractivity (Wildman–Crippen MR) is 91.8 cm³/mol. The Morgan fingerprint density at radius 1 is 1.17 bits per heavy atom. The number of thiazole rings is 1. The van der Waals surface area contributed by atoms with Gasteiger partial charge in [0.1, 0.15) is 0 Å². The Morgan fingerprint density at radius 3 is 2.83 bits per heavy atom. The minimum Gasteiger partial charge on any atom is -0.399 e. The minimum absolute atomic E-state index is 0.755. The maximum atomic E-state index is 5.74. The van der Waals surface area contributed by atoms with E-state index in [1.807, 2.05) is 42.2 Å². The maximum Gasteiger partial charge on any atom is 0.159 e. The van der Waals surface area contributed by atoms with Crippen LogP contribution in [0.15, 0.2) is 42.2 Å². The SMILES string of the molecule is Nc1ccc(-c2ncc3c(n2)CCN(Cc2cncs2)C3)cc1. The molecular weight excluding hydrogens is 306 g/mol. The van der Waals surface area contributed by atoms with Gasteiger partial charge in [0.15, 0.2) is 5.82 Å². The van der Waals surface area contributed by atoms with Crippen molar-refractivity contribution in [1.82, 2.24) is 19.9 Å². The number of fused-ring (bicyclic) bond motifs is 1. The molecule has 6 heteroatoms. The van der Waals surface area contributed by atoms with Crippen molar-refractivity contribution >= 4 is 17.0 Å². The Kier molecular flexibility index (Phi) is 3.77. The lowest BCUT2D eigenvalue weighted by Gasteiger charge is -2.27. The van der Waals surface area contributed by atoms with Gasteiger partial charge >= 0.3 is 0 Å². The second-order valence-corrected chi connectivity index (χ2v) is 6.69. The molecule has 0 atom stereocenters. The fourth-order valence-electron chi connectivity index (χ4n) is 2.82. The van der Waals surface area contributed by atoms with Gasteiger partial charge in [-0.15, -0.1) is 11.3 Å². The number of hydrogen-bond donors (Lipinski definition) is 1. The molecule has 1 aromatic carbocycles. The average molecular weight is 323 g/mol. The molecule has 0 amide bonds. The van der Waals surface area contributed by atoms with E-state index < -0.39 is 0 Å². The molecule has 23 heavy (non-hydrogen) atoms. The molecule has 116 valence electrons. The maximum absolute atomic E-state index is 5.74. The van der Waals surface area contributed by atoms with Crippen LogP contribution in [0.5, 0.6) is 0 Å². The van der Waals surface area contributed by atoms with Crippen molar-refractivity contribution in [2.45, 2.75) is 19.5 Å². The Bertz CT molecular complexity index is 798. The van der Waals surface area contributed by atoms with Crippen molar-refractivity contribution in [3.63, 3.8) is 0 Å². The van der Waals surface area contributed by atoms with Crippen LogP contribution in [0.1, 0.15) is 16.1 Å². The molecule has 3 aromatic rings. The largest absolute Gasteiger partial charge is 0.399 e. The third kappa shape index (κ3) is 3.09. The molecule has 5 nitrogen and oxygen atoms in total. The Balaban J connectivity index is 1.53. The summed E-state index contributed by atoms with van der Waals surface area (Å²) in [6, 6.07) is 7.70. The van der Waals surface area contributed by atoms with Crippen molar-refractivity contribution < 1.29 is 0 Å². The van der Waals surface area contributed by atoms with E-state index in [1.165, 1.54) is 10.4 Å². The number of nitrogens with two attached hydrogens (primary N) is 1. The quantitative estimate of drug-likeness (QED) is 0.751. The van der Waals surface area contributed by atoms with Gasteiger partial charge in [0.25, 0.3) is 0 Å². The lowest BCUT2D eigenvalue weighted by Crippen LogP contribution is -2.30. The van der Waals surface area contributed by atoms with Crippen molar-refractivity contribution in [3.8, 4) is 11.4 Å². The van der Waals surface area contributed by atoms with E-state index in [0.717, 1.165) is 48.8 Å². The van der Waals surface area contributed by atoms with E-state index in [0.29, 0.717) is 0 Å². The summed E-state index contributed by atoms with van der Waals surface area (Å²) < 4.78 is 0. The van der Waals surface area contributed by atoms with Crippen LogP contribution in [0.3, 0.4) is 0 Å². The van der Waals surface area contributed by atoms with Gasteiger partial charge in [-0.3, -0.25) is 9.88 Å². The molecule has 0 spiro atoms. The van der Waals surface area contributed by atoms with Crippen molar-refractivity contribution in [2.24, 2.45) is 0 Å². The van der Waals surface area contributed by atoms with Crippen molar-refractivity contribution in [2.75, 3.05) is 12.3 Å². The van der Waals surface area contributed by atoms with Crippen molar-refractivity contribution in [1.29, 1.82) is 0 Å². The van der Waals surface area contributed by atoms with Gasteiger partial charge in [-0.1, -0.05) is 0 Å². The molecular formula is C17H17N5S. The first-order valence-corrected chi connectivity index (χ1v) is 8.46. The van der Waals surface area contributed by atoms with E-state index in [9.17, 15) is 0 Å². The van der Waals surface area contributed by atoms with E-state index in [4.69, 9.17) is 10.7 Å². The highest BCUT2D eigenvalue weighted by molar-refractivity contribution is 7.09. The average Bonchev–Trinajstić information content (AvgIpc) is 3.08. The summed E-state index contributed by atoms with van der Waals surface area (Å²) in [4.78, 5) is 17.2. The third-order valence-corrected chi connectivity index (χ3v) is 4.81. The molecule has 1 aliphatic rings. The number of hydrogen-bond acceptors (Lipinski definition) is 6. The molecule has 0 radical (unpaired) electrons. The van der Waals surface area contributed by atoms with E-state index in [2.05, 4.69) is 14.9 Å². The molecule has 0 unspecified atom stereocenters. The zero-order valence-electron chi connectivity index (χ0n) is 12.6. The molecule has 4 rings (SSSR count). The zero-order chi connectivity index (χ0) is 15.6. The van der Waals surface area contributed by atoms with Crippen LogP contribution < -0.4 is 5.73 Å². The number of nitrogens with zero attached hydrogens (tertiary/aromatic N) is 4. The molecule has 2 aromatic heterocycles. The zero-order valence-corrected chi connectivity index (χ0v) is 13.5. The Labute approximate surface area is 138 Å². The number of aromatic nitrogens is 3. The van der Waals surface area contributed by atoms with Crippen LogP contribution in [0.25, 0.3) is 11.4 Å². The van der Waals surface area contributed by atoms with Crippen LogP contribution in [0, 0.1) is 0 Å². The lowest BCUT2D eigenvalue weighted by molar-refractivity contribution is 0.245. The third-order valence-electron chi connectivity index (χ3n) is 4.04. The van der Waals surface area contributed by atoms with Gasteiger partial charge in [0, 0.05) is 60.1 Å². The highest BCUT2D eigenvalue weighted by atomic mass is 32.1. The van der Waals surface area contributed by atoms with Crippen LogP contribution in [0.2, 0.25) is 0 Å². The molecule has 0 saturated heterocycles. The van der Waals surface area contributed by atoms with E-state index in [-0.39, 0.29) is 0 Å². The van der Waals surface area contributed by atoms with Gasteiger partial charge in [0.05, 0.1) is 11.2 Å². The highest BCUT2D eigenvalue weighted by Gasteiger charge is 2.19. The van der Waals surface area contributed by atoms with Gasteiger partial charge < -0.3 is 5.73 Å². The molecule has 2 N–H and O–H groups in total. The van der Waals surface area contributed by atoms with Gasteiger partial charge in [-0.05, 0) is 24.3 Å². The van der Waals surface area contributed by atoms with Gasteiger partial charge in [-0.25, -0.2) is 9.97 Å². The summed E-state index contributed by atoms with van der Waals surface area (Å²) >= 11 is 1.70. The molecule has 0 bridgehead atoms. The summed E-state index contributed by atoms with van der Waals surface area (Å²) in [5.41, 5.74) is 11.8. The highest BCUT2D eigenvalue weighted by Crippen LogP contribution is 2.23. The molecule has 0 fully saturated rings. The normalized spacial score (nSPS) is 14.6. The number of rotatable bonds is 3. The van der Waals surface area contributed by atoms with E-state index >= 15 is 0 Å². The molecule has 3 heterocycles. The van der Waals surface area contributed by atoms with Crippen LogP contribution in [0.4, 0.5) is 5.69 Å². The molecule has 0 saturated carbocycles. The summed E-state index contributed by atoms with van der Waals surface area (Å²) in [5.74, 6) is 0.777. The predicted octanol–water partition coefficient (Wildman–Crippen LogP) is 2.74. The molecule has 1 aliphatic heterocycles. The van der Waals surface area contributed by atoms with Crippen LogP contribution in [-0.4, -0.2) is 26.4 Å². The van der Waals surface area contributed by atoms with Crippen LogP contribution in [-0.2, 0) is 19.5 Å². The van der Waals surface area contributed by atoms with Gasteiger partial charge in [0.2, 0.25) is 0 Å². The minimum atomic E-state index is 0.755. The number of nitrogen functional groups attached to an aromatic ring is 1. The van der Waals surface area contributed by atoms with Crippen LogP contribution >= 0.6 is 11.3 Å². The Morgan fingerprint density at radius 2 is 2.04 bits per heavy atom. The first kappa shape index (κ1) is 14.3. The summed E-state index contributed by atoms with van der Waals surface area (Å²) in [6.45, 7) is 2.86. The fraction of sp³-hybridized carbons (Fsp3) is 0.235.